The molecule has 1 rings (SSSR count). The maximum Gasteiger partial charge on any atom is 0.0496 e. The van der Waals surface area contributed by atoms with Crippen molar-refractivity contribution in [2.24, 2.45) is 17.8 Å². The number of nitrogens with one attached hydrogen (secondary N) is 1. The van der Waals surface area contributed by atoms with Crippen LogP contribution in [0, 0.1) is 17.8 Å². The highest BCUT2D eigenvalue weighted by molar-refractivity contribution is 4.74. The van der Waals surface area contributed by atoms with Crippen molar-refractivity contribution in [3.8, 4) is 0 Å². The van der Waals surface area contributed by atoms with Crippen molar-refractivity contribution < 1.29 is 4.74 Å². The second-order valence-electron chi connectivity index (χ2n) is 4.62. The molecule has 0 spiro atoms. The van der Waals surface area contributed by atoms with E-state index < -0.39 is 0 Å². The zero-order chi connectivity index (χ0) is 10.4. The third-order valence-corrected chi connectivity index (χ3v) is 3.55. The van der Waals surface area contributed by atoms with E-state index in [9.17, 15) is 0 Å². The van der Waals surface area contributed by atoms with E-state index in [1.807, 2.05) is 0 Å². The highest BCUT2D eigenvalue weighted by Crippen LogP contribution is 2.27. The van der Waals surface area contributed by atoms with Gasteiger partial charge in [0.05, 0.1) is 0 Å². The quantitative estimate of drug-likeness (QED) is 0.733. The van der Waals surface area contributed by atoms with Crippen LogP contribution in [-0.2, 0) is 4.74 Å². The van der Waals surface area contributed by atoms with Crippen molar-refractivity contribution in [2.45, 2.75) is 33.6 Å². The Labute approximate surface area is 88.4 Å². The van der Waals surface area contributed by atoms with Crippen LogP contribution in [0.4, 0.5) is 0 Å². The fraction of sp³-hybridized carbons (Fsp3) is 1.00. The summed E-state index contributed by atoms with van der Waals surface area (Å²) in [6, 6.07) is 0. The van der Waals surface area contributed by atoms with Crippen LogP contribution < -0.4 is 5.32 Å². The molecule has 3 atom stereocenters. The molecule has 0 amide bonds. The van der Waals surface area contributed by atoms with Crippen molar-refractivity contribution >= 4 is 0 Å². The smallest absolute Gasteiger partial charge is 0.0496 e. The molecule has 2 heteroatoms. The molecule has 0 radical (unpaired) electrons. The zero-order valence-electron chi connectivity index (χ0n) is 9.88. The molecule has 1 heterocycles. The van der Waals surface area contributed by atoms with Crippen LogP contribution in [0.3, 0.4) is 0 Å². The van der Waals surface area contributed by atoms with E-state index in [1.54, 1.807) is 0 Å². The van der Waals surface area contributed by atoms with E-state index in [-0.39, 0.29) is 0 Å². The van der Waals surface area contributed by atoms with Gasteiger partial charge in [-0.1, -0.05) is 20.8 Å². The molecule has 0 aromatic rings. The molecule has 1 aliphatic heterocycles. The number of ether oxygens (including phenoxy) is 1. The van der Waals surface area contributed by atoms with Crippen LogP contribution in [0.1, 0.15) is 33.6 Å². The van der Waals surface area contributed by atoms with Gasteiger partial charge in [-0.3, -0.25) is 0 Å². The van der Waals surface area contributed by atoms with E-state index in [0.29, 0.717) is 0 Å². The normalized spacial score (nSPS) is 27.2. The zero-order valence-corrected chi connectivity index (χ0v) is 9.88. The Morgan fingerprint density at radius 3 is 2.79 bits per heavy atom. The molecule has 0 bridgehead atoms. The highest BCUT2D eigenvalue weighted by Gasteiger charge is 2.24. The Morgan fingerprint density at radius 2 is 2.21 bits per heavy atom. The summed E-state index contributed by atoms with van der Waals surface area (Å²) in [6.45, 7) is 11.1. The highest BCUT2D eigenvalue weighted by atomic mass is 16.5. The predicted octanol–water partition coefficient (Wildman–Crippen LogP) is 2.29. The second-order valence-corrected chi connectivity index (χ2v) is 4.62. The first kappa shape index (κ1) is 12.0. The summed E-state index contributed by atoms with van der Waals surface area (Å²) < 4.78 is 5.54. The molecule has 14 heavy (non-hydrogen) atoms. The van der Waals surface area contributed by atoms with E-state index in [2.05, 4.69) is 26.1 Å². The Hall–Kier alpha value is -0.0800. The molecule has 1 aliphatic rings. The van der Waals surface area contributed by atoms with Crippen molar-refractivity contribution in [3.63, 3.8) is 0 Å². The van der Waals surface area contributed by atoms with Crippen LogP contribution in [-0.4, -0.2) is 26.3 Å². The van der Waals surface area contributed by atoms with Gasteiger partial charge in [-0.2, -0.15) is 0 Å². The molecule has 84 valence electrons. The fourth-order valence-corrected chi connectivity index (χ4v) is 2.20. The minimum absolute atomic E-state index is 0.765. The Bertz CT molecular complexity index is 143. The van der Waals surface area contributed by atoms with Gasteiger partial charge in [-0.05, 0) is 43.7 Å². The predicted molar refractivity (Wildman–Crippen MR) is 60.4 cm³/mol. The average molecular weight is 199 g/mol. The van der Waals surface area contributed by atoms with Gasteiger partial charge in [0.2, 0.25) is 0 Å². The summed E-state index contributed by atoms with van der Waals surface area (Å²) in [6.07, 6.45) is 2.61. The molecule has 1 N–H and O–H groups in total. The van der Waals surface area contributed by atoms with E-state index in [1.165, 1.54) is 12.8 Å². The monoisotopic (exact) mass is 199 g/mol. The first-order valence-corrected chi connectivity index (χ1v) is 6.04. The Kier molecular flexibility index (Phi) is 5.49. The summed E-state index contributed by atoms with van der Waals surface area (Å²) >= 11 is 0. The van der Waals surface area contributed by atoms with Gasteiger partial charge in [-0.15, -0.1) is 0 Å². The molecule has 1 saturated heterocycles. The molecule has 2 nitrogen and oxygen atoms in total. The van der Waals surface area contributed by atoms with Gasteiger partial charge >= 0.3 is 0 Å². The van der Waals surface area contributed by atoms with Gasteiger partial charge in [0.1, 0.15) is 0 Å². The molecule has 0 saturated carbocycles. The summed E-state index contributed by atoms with van der Waals surface area (Å²) in [5.74, 6) is 2.34. The number of hydrogen-bond donors (Lipinski definition) is 1. The summed E-state index contributed by atoms with van der Waals surface area (Å²) in [5, 5.41) is 3.43. The standard InChI is InChI=1S/C12H25NO/c1-4-13-8-10(2)11(3)12-6-5-7-14-9-12/h10-13H,4-9H2,1-3H3. The molecule has 0 aliphatic carbocycles. The molecule has 3 unspecified atom stereocenters. The van der Waals surface area contributed by atoms with Crippen LogP contribution in [0.5, 0.6) is 0 Å². The topological polar surface area (TPSA) is 21.3 Å². The largest absolute Gasteiger partial charge is 0.381 e. The Balaban J connectivity index is 2.26. The molecular formula is C12H25NO. The minimum atomic E-state index is 0.765. The van der Waals surface area contributed by atoms with Crippen LogP contribution in [0.25, 0.3) is 0 Å². The molecule has 1 fully saturated rings. The van der Waals surface area contributed by atoms with Crippen molar-refractivity contribution in [1.29, 1.82) is 0 Å². The summed E-state index contributed by atoms with van der Waals surface area (Å²) in [7, 11) is 0. The van der Waals surface area contributed by atoms with Gasteiger partial charge in [-0.25, -0.2) is 0 Å². The van der Waals surface area contributed by atoms with Gasteiger partial charge in [0.25, 0.3) is 0 Å². The van der Waals surface area contributed by atoms with Gasteiger partial charge in [0, 0.05) is 13.2 Å². The van der Waals surface area contributed by atoms with Crippen molar-refractivity contribution in [3.05, 3.63) is 0 Å². The fourth-order valence-electron chi connectivity index (χ4n) is 2.20. The third-order valence-electron chi connectivity index (χ3n) is 3.55. The van der Waals surface area contributed by atoms with Crippen LogP contribution in [0.15, 0.2) is 0 Å². The van der Waals surface area contributed by atoms with Gasteiger partial charge < -0.3 is 10.1 Å². The summed E-state index contributed by atoms with van der Waals surface area (Å²) in [5.41, 5.74) is 0. The van der Waals surface area contributed by atoms with Crippen LogP contribution >= 0.6 is 0 Å². The second kappa shape index (κ2) is 6.41. The SMILES string of the molecule is CCNCC(C)C(C)C1CCCOC1. The first-order chi connectivity index (χ1) is 6.75. The van der Waals surface area contributed by atoms with E-state index in [0.717, 1.165) is 44.1 Å². The van der Waals surface area contributed by atoms with Crippen molar-refractivity contribution in [2.75, 3.05) is 26.3 Å². The first-order valence-electron chi connectivity index (χ1n) is 6.04. The average Bonchev–Trinajstić information content (AvgIpc) is 2.26. The molecular weight excluding hydrogens is 174 g/mol. The van der Waals surface area contributed by atoms with E-state index >= 15 is 0 Å². The van der Waals surface area contributed by atoms with Crippen molar-refractivity contribution in [1.82, 2.24) is 5.32 Å². The van der Waals surface area contributed by atoms with Crippen LogP contribution in [0.2, 0.25) is 0 Å². The van der Waals surface area contributed by atoms with Gasteiger partial charge in [0.15, 0.2) is 0 Å². The minimum Gasteiger partial charge on any atom is -0.381 e. The number of hydrogen-bond acceptors (Lipinski definition) is 2. The lowest BCUT2D eigenvalue weighted by Crippen LogP contribution is -2.32. The molecule has 0 aromatic heterocycles. The molecule has 0 aromatic carbocycles. The summed E-state index contributed by atoms with van der Waals surface area (Å²) in [4.78, 5) is 0. The maximum atomic E-state index is 5.54. The Morgan fingerprint density at radius 1 is 1.43 bits per heavy atom. The lowest BCUT2D eigenvalue weighted by molar-refractivity contribution is 0.0230. The third kappa shape index (κ3) is 3.58. The van der Waals surface area contributed by atoms with E-state index in [4.69, 9.17) is 4.74 Å². The number of rotatable bonds is 5. The lowest BCUT2D eigenvalue weighted by Gasteiger charge is -2.31. The maximum absolute atomic E-state index is 5.54. The lowest BCUT2D eigenvalue weighted by atomic mass is 9.81.